The Labute approximate surface area is 79.2 Å². The molecule has 0 radical (unpaired) electrons. The van der Waals surface area contributed by atoms with Gasteiger partial charge in [0.15, 0.2) is 0 Å². The fraction of sp³-hybridized carbons (Fsp3) is 0. The summed E-state index contributed by atoms with van der Waals surface area (Å²) in [5.74, 6) is -1.24. The van der Waals surface area contributed by atoms with Crippen molar-refractivity contribution in [1.82, 2.24) is 10.2 Å². The Morgan fingerprint density at radius 3 is 2.57 bits per heavy atom. The average molecular weight is 192 g/mol. The van der Waals surface area contributed by atoms with E-state index in [1.165, 1.54) is 18.3 Å². The standard InChI is InChI=1S/C10H6F2N2/c11-7-3-4-8(9(12)6-7)10-2-1-5-13-14-10/h1-6H. The second-order valence-electron chi connectivity index (χ2n) is 2.73. The lowest BCUT2D eigenvalue weighted by atomic mass is 10.1. The van der Waals surface area contributed by atoms with Crippen molar-refractivity contribution in [2.45, 2.75) is 0 Å². The Hall–Kier alpha value is -1.84. The van der Waals surface area contributed by atoms with Crippen molar-refractivity contribution < 1.29 is 8.78 Å². The first kappa shape index (κ1) is 8.74. The molecule has 0 amide bonds. The molecule has 0 spiro atoms. The van der Waals surface area contributed by atoms with Crippen molar-refractivity contribution >= 4 is 0 Å². The van der Waals surface area contributed by atoms with Crippen LogP contribution in [0.25, 0.3) is 11.3 Å². The maximum Gasteiger partial charge on any atom is 0.135 e. The summed E-state index contributed by atoms with van der Waals surface area (Å²) in [4.78, 5) is 0. The van der Waals surface area contributed by atoms with Crippen LogP contribution in [0.1, 0.15) is 0 Å². The van der Waals surface area contributed by atoms with E-state index in [4.69, 9.17) is 0 Å². The highest BCUT2D eigenvalue weighted by Gasteiger charge is 2.06. The van der Waals surface area contributed by atoms with Gasteiger partial charge in [-0.2, -0.15) is 10.2 Å². The minimum absolute atomic E-state index is 0.250. The Balaban J connectivity index is 2.53. The first-order valence-electron chi connectivity index (χ1n) is 4.00. The van der Waals surface area contributed by atoms with E-state index in [0.29, 0.717) is 5.69 Å². The molecule has 70 valence electrons. The summed E-state index contributed by atoms with van der Waals surface area (Å²) in [6, 6.07) is 6.61. The van der Waals surface area contributed by atoms with Gasteiger partial charge in [-0.1, -0.05) is 0 Å². The highest BCUT2D eigenvalue weighted by Crippen LogP contribution is 2.20. The van der Waals surface area contributed by atoms with E-state index in [2.05, 4.69) is 10.2 Å². The van der Waals surface area contributed by atoms with Gasteiger partial charge in [0.05, 0.1) is 5.69 Å². The van der Waals surface area contributed by atoms with Crippen LogP contribution in [-0.4, -0.2) is 10.2 Å². The molecule has 2 aromatic rings. The third kappa shape index (κ3) is 1.59. The minimum atomic E-state index is -0.634. The van der Waals surface area contributed by atoms with Crippen LogP contribution in [0.5, 0.6) is 0 Å². The molecule has 2 rings (SSSR count). The van der Waals surface area contributed by atoms with Gasteiger partial charge in [0, 0.05) is 17.8 Å². The van der Waals surface area contributed by atoms with Gasteiger partial charge in [-0.3, -0.25) is 0 Å². The van der Waals surface area contributed by atoms with Crippen LogP contribution in [0.4, 0.5) is 8.78 Å². The van der Waals surface area contributed by atoms with Crippen LogP contribution in [0.2, 0.25) is 0 Å². The molecule has 1 aromatic carbocycles. The number of halogens is 2. The Bertz CT molecular complexity index is 443. The monoisotopic (exact) mass is 192 g/mol. The second-order valence-corrected chi connectivity index (χ2v) is 2.73. The van der Waals surface area contributed by atoms with Crippen LogP contribution in [0.3, 0.4) is 0 Å². The normalized spacial score (nSPS) is 10.1. The molecule has 2 nitrogen and oxygen atoms in total. The van der Waals surface area contributed by atoms with Crippen LogP contribution < -0.4 is 0 Å². The zero-order valence-electron chi connectivity index (χ0n) is 7.11. The van der Waals surface area contributed by atoms with E-state index in [0.717, 1.165) is 6.07 Å². The summed E-state index contributed by atoms with van der Waals surface area (Å²) < 4.78 is 25.8. The molecule has 0 bridgehead atoms. The summed E-state index contributed by atoms with van der Waals surface area (Å²) in [7, 11) is 0. The number of rotatable bonds is 1. The number of hydrogen-bond donors (Lipinski definition) is 0. The zero-order valence-corrected chi connectivity index (χ0v) is 7.11. The molecule has 0 aliphatic heterocycles. The third-order valence-corrected chi connectivity index (χ3v) is 1.78. The lowest BCUT2D eigenvalue weighted by Crippen LogP contribution is -1.90. The van der Waals surface area contributed by atoms with Gasteiger partial charge >= 0.3 is 0 Å². The fourth-order valence-electron chi connectivity index (χ4n) is 1.14. The molecule has 0 saturated carbocycles. The third-order valence-electron chi connectivity index (χ3n) is 1.78. The van der Waals surface area contributed by atoms with E-state index in [1.807, 2.05) is 0 Å². The highest BCUT2D eigenvalue weighted by molar-refractivity contribution is 5.58. The van der Waals surface area contributed by atoms with Gasteiger partial charge in [-0.25, -0.2) is 8.78 Å². The van der Waals surface area contributed by atoms with Gasteiger partial charge in [0.25, 0.3) is 0 Å². The molecule has 0 aliphatic rings. The van der Waals surface area contributed by atoms with E-state index < -0.39 is 11.6 Å². The molecule has 1 aromatic heterocycles. The number of nitrogens with zero attached hydrogens (tertiary/aromatic N) is 2. The minimum Gasteiger partial charge on any atom is -0.207 e. The molecule has 0 N–H and O–H groups in total. The van der Waals surface area contributed by atoms with Crippen molar-refractivity contribution in [2.24, 2.45) is 0 Å². The second kappa shape index (κ2) is 3.49. The van der Waals surface area contributed by atoms with Crippen molar-refractivity contribution in [3.63, 3.8) is 0 Å². The predicted molar refractivity (Wildman–Crippen MR) is 47.4 cm³/mol. The largest absolute Gasteiger partial charge is 0.207 e. The molecule has 0 fully saturated rings. The SMILES string of the molecule is Fc1ccc(-c2cccnn2)c(F)c1. The summed E-state index contributed by atoms with van der Waals surface area (Å²) in [6.45, 7) is 0. The highest BCUT2D eigenvalue weighted by atomic mass is 19.1. The topological polar surface area (TPSA) is 25.8 Å². The van der Waals surface area contributed by atoms with E-state index in [1.54, 1.807) is 12.1 Å². The Kier molecular flexibility index (Phi) is 2.18. The molecular weight excluding hydrogens is 186 g/mol. The maximum absolute atomic E-state index is 13.2. The molecule has 1 heterocycles. The van der Waals surface area contributed by atoms with Crippen molar-refractivity contribution in [2.75, 3.05) is 0 Å². The smallest absolute Gasteiger partial charge is 0.135 e. The molecular formula is C10H6F2N2. The molecule has 4 heteroatoms. The molecule has 0 unspecified atom stereocenters. The van der Waals surface area contributed by atoms with Crippen molar-refractivity contribution in [3.8, 4) is 11.3 Å². The summed E-state index contributed by atoms with van der Waals surface area (Å²) >= 11 is 0. The van der Waals surface area contributed by atoms with Gasteiger partial charge in [-0.05, 0) is 24.3 Å². The summed E-state index contributed by atoms with van der Waals surface area (Å²) in [6.07, 6.45) is 1.49. The van der Waals surface area contributed by atoms with Crippen molar-refractivity contribution in [3.05, 3.63) is 48.2 Å². The van der Waals surface area contributed by atoms with E-state index >= 15 is 0 Å². The lowest BCUT2D eigenvalue weighted by Gasteiger charge is -2.00. The van der Waals surface area contributed by atoms with Gasteiger partial charge in [-0.15, -0.1) is 0 Å². The zero-order chi connectivity index (χ0) is 9.97. The van der Waals surface area contributed by atoms with Gasteiger partial charge in [0.2, 0.25) is 0 Å². The number of hydrogen-bond acceptors (Lipinski definition) is 2. The van der Waals surface area contributed by atoms with Crippen LogP contribution in [0.15, 0.2) is 36.5 Å². The average Bonchev–Trinajstić information content (AvgIpc) is 2.19. The van der Waals surface area contributed by atoms with Crippen molar-refractivity contribution in [1.29, 1.82) is 0 Å². The predicted octanol–water partition coefficient (Wildman–Crippen LogP) is 2.42. The molecule has 0 atom stereocenters. The first-order chi connectivity index (χ1) is 6.77. The number of benzene rings is 1. The lowest BCUT2D eigenvalue weighted by molar-refractivity contribution is 0.585. The molecule has 0 aliphatic carbocycles. The maximum atomic E-state index is 13.2. The summed E-state index contributed by atoms with van der Waals surface area (Å²) in [5.41, 5.74) is 0.643. The van der Waals surface area contributed by atoms with Crippen LogP contribution >= 0.6 is 0 Å². The Morgan fingerprint density at radius 2 is 1.93 bits per heavy atom. The van der Waals surface area contributed by atoms with Crippen LogP contribution in [-0.2, 0) is 0 Å². The number of aromatic nitrogens is 2. The summed E-state index contributed by atoms with van der Waals surface area (Å²) in [5, 5.41) is 7.34. The van der Waals surface area contributed by atoms with Gasteiger partial charge in [0.1, 0.15) is 11.6 Å². The fourth-order valence-corrected chi connectivity index (χ4v) is 1.14. The first-order valence-corrected chi connectivity index (χ1v) is 4.00. The molecule has 14 heavy (non-hydrogen) atoms. The van der Waals surface area contributed by atoms with Gasteiger partial charge < -0.3 is 0 Å². The van der Waals surface area contributed by atoms with E-state index in [-0.39, 0.29) is 5.56 Å². The van der Waals surface area contributed by atoms with Crippen LogP contribution in [0, 0.1) is 11.6 Å². The quantitative estimate of drug-likeness (QED) is 0.693. The Morgan fingerprint density at radius 1 is 1.07 bits per heavy atom. The van der Waals surface area contributed by atoms with E-state index in [9.17, 15) is 8.78 Å². The molecule has 0 saturated heterocycles.